The van der Waals surface area contributed by atoms with Crippen molar-refractivity contribution in [2.75, 3.05) is 13.2 Å². The molecular weight excluding hydrogens is 222 g/mol. The number of fused-ring (bicyclic) bond motifs is 1. The molecule has 17 heavy (non-hydrogen) atoms. The Morgan fingerprint density at radius 2 is 2.06 bits per heavy atom. The van der Waals surface area contributed by atoms with Crippen LogP contribution in [-0.2, 0) is 10.3 Å². The van der Waals surface area contributed by atoms with Crippen molar-refractivity contribution in [2.24, 2.45) is 4.99 Å². The van der Waals surface area contributed by atoms with E-state index in [1.165, 1.54) is 0 Å². The second-order valence-electron chi connectivity index (χ2n) is 4.22. The Hall–Kier alpha value is -2.00. The fraction of sp³-hybridized carbons (Fsp3) is 0.417. The number of ether oxygens (including phenoxy) is 2. The van der Waals surface area contributed by atoms with Crippen LogP contribution in [-0.4, -0.2) is 24.4 Å². The van der Waals surface area contributed by atoms with E-state index in [9.17, 15) is 9.90 Å². The molecule has 1 heterocycles. The predicted octanol–water partition coefficient (Wildman–Crippen LogP) is 1.49. The first kappa shape index (κ1) is 10.2. The van der Waals surface area contributed by atoms with Gasteiger partial charge in [-0.25, -0.2) is 4.79 Å². The van der Waals surface area contributed by atoms with Crippen LogP contribution in [0.5, 0.6) is 17.2 Å². The first-order valence-corrected chi connectivity index (χ1v) is 5.48. The van der Waals surface area contributed by atoms with Gasteiger partial charge in [-0.1, -0.05) is 0 Å². The van der Waals surface area contributed by atoms with E-state index in [1.807, 2.05) is 0 Å². The number of nitrogens with zero attached hydrogens (tertiary/aromatic N) is 1. The lowest BCUT2D eigenvalue weighted by Gasteiger charge is -2.23. The molecule has 0 bridgehead atoms. The quantitative estimate of drug-likeness (QED) is 0.620. The van der Waals surface area contributed by atoms with Gasteiger partial charge in [0.15, 0.2) is 11.5 Å². The number of hydrogen-bond acceptors (Lipinski definition) is 5. The molecule has 1 aromatic carbocycles. The highest BCUT2D eigenvalue weighted by Gasteiger charge is 2.49. The van der Waals surface area contributed by atoms with Crippen LogP contribution in [0.3, 0.4) is 0 Å². The van der Waals surface area contributed by atoms with E-state index >= 15 is 0 Å². The molecule has 0 spiro atoms. The fourth-order valence-electron chi connectivity index (χ4n) is 2.18. The van der Waals surface area contributed by atoms with Gasteiger partial charge in [0.1, 0.15) is 24.5 Å². The fourth-order valence-corrected chi connectivity index (χ4v) is 2.18. The summed E-state index contributed by atoms with van der Waals surface area (Å²) in [6.07, 6.45) is 3.01. The predicted molar refractivity (Wildman–Crippen MR) is 58.1 cm³/mol. The molecule has 1 saturated carbocycles. The molecule has 2 aliphatic rings. The van der Waals surface area contributed by atoms with Gasteiger partial charge in [-0.3, -0.25) is 0 Å². The highest BCUT2D eigenvalue weighted by atomic mass is 16.6. The zero-order valence-corrected chi connectivity index (χ0v) is 9.10. The Kier molecular flexibility index (Phi) is 2.09. The minimum absolute atomic E-state index is 0.0887. The van der Waals surface area contributed by atoms with E-state index in [2.05, 4.69) is 4.99 Å². The SMILES string of the molecule is O=C=NC1(c2c(O)ccc3c2OCCO3)CC1. The van der Waals surface area contributed by atoms with Gasteiger partial charge < -0.3 is 14.6 Å². The van der Waals surface area contributed by atoms with Crippen LogP contribution in [0, 0.1) is 0 Å². The monoisotopic (exact) mass is 233 g/mol. The van der Waals surface area contributed by atoms with E-state index in [0.717, 1.165) is 12.8 Å². The van der Waals surface area contributed by atoms with E-state index in [1.54, 1.807) is 18.2 Å². The van der Waals surface area contributed by atoms with Crippen molar-refractivity contribution in [3.8, 4) is 17.2 Å². The third kappa shape index (κ3) is 1.47. The Balaban J connectivity index is 2.18. The van der Waals surface area contributed by atoms with Gasteiger partial charge in [0.2, 0.25) is 6.08 Å². The maximum atomic E-state index is 10.5. The summed E-state index contributed by atoms with van der Waals surface area (Å²) in [4.78, 5) is 14.3. The van der Waals surface area contributed by atoms with Crippen molar-refractivity contribution >= 4 is 6.08 Å². The first-order chi connectivity index (χ1) is 8.27. The number of aromatic hydroxyl groups is 1. The van der Waals surface area contributed by atoms with Crippen LogP contribution in [0.25, 0.3) is 0 Å². The summed E-state index contributed by atoms with van der Waals surface area (Å²) in [6.45, 7) is 0.922. The molecule has 1 fully saturated rings. The molecular formula is C12H11NO4. The van der Waals surface area contributed by atoms with E-state index < -0.39 is 5.54 Å². The summed E-state index contributed by atoms with van der Waals surface area (Å²) in [5, 5.41) is 9.94. The van der Waals surface area contributed by atoms with Gasteiger partial charge in [-0.2, -0.15) is 4.99 Å². The lowest BCUT2D eigenvalue weighted by Crippen LogP contribution is -2.18. The minimum atomic E-state index is -0.655. The third-order valence-electron chi connectivity index (χ3n) is 3.14. The Labute approximate surface area is 97.7 Å². The first-order valence-electron chi connectivity index (χ1n) is 5.48. The summed E-state index contributed by atoms with van der Waals surface area (Å²) in [5.41, 5.74) is -0.101. The van der Waals surface area contributed by atoms with Crippen molar-refractivity contribution in [2.45, 2.75) is 18.4 Å². The molecule has 88 valence electrons. The average molecular weight is 233 g/mol. The molecule has 0 atom stereocenters. The van der Waals surface area contributed by atoms with Gasteiger partial charge in [0.25, 0.3) is 0 Å². The molecule has 0 unspecified atom stereocenters. The maximum Gasteiger partial charge on any atom is 0.235 e. The summed E-state index contributed by atoms with van der Waals surface area (Å²) in [5.74, 6) is 1.19. The molecule has 3 rings (SSSR count). The minimum Gasteiger partial charge on any atom is -0.507 e. The zero-order chi connectivity index (χ0) is 11.9. The number of isocyanates is 1. The van der Waals surface area contributed by atoms with Gasteiger partial charge in [0, 0.05) is 0 Å². The number of hydrogen-bond donors (Lipinski definition) is 1. The Morgan fingerprint density at radius 1 is 1.29 bits per heavy atom. The van der Waals surface area contributed by atoms with Crippen LogP contribution in [0.2, 0.25) is 0 Å². The van der Waals surface area contributed by atoms with Crippen LogP contribution >= 0.6 is 0 Å². The number of aliphatic imine (C=N–C) groups is 1. The molecule has 0 aromatic heterocycles. The number of rotatable bonds is 2. The van der Waals surface area contributed by atoms with Gasteiger partial charge in [0.05, 0.1) is 5.56 Å². The van der Waals surface area contributed by atoms with Crippen molar-refractivity contribution in [1.82, 2.24) is 0 Å². The maximum absolute atomic E-state index is 10.5. The van der Waals surface area contributed by atoms with Crippen molar-refractivity contribution in [3.05, 3.63) is 17.7 Å². The topological polar surface area (TPSA) is 68.1 Å². The highest BCUT2D eigenvalue weighted by molar-refractivity contribution is 5.60. The smallest absolute Gasteiger partial charge is 0.235 e. The summed E-state index contributed by atoms with van der Waals surface area (Å²) in [7, 11) is 0. The summed E-state index contributed by atoms with van der Waals surface area (Å²) >= 11 is 0. The molecule has 0 saturated heterocycles. The molecule has 1 N–H and O–H groups in total. The molecule has 5 nitrogen and oxygen atoms in total. The van der Waals surface area contributed by atoms with Crippen molar-refractivity contribution in [3.63, 3.8) is 0 Å². The summed E-state index contributed by atoms with van der Waals surface area (Å²) < 4.78 is 11.0. The Bertz CT molecular complexity index is 515. The third-order valence-corrected chi connectivity index (χ3v) is 3.14. The van der Waals surface area contributed by atoms with E-state index in [0.29, 0.717) is 30.3 Å². The molecule has 0 radical (unpaired) electrons. The summed E-state index contributed by atoms with van der Waals surface area (Å²) in [6, 6.07) is 3.21. The lowest BCUT2D eigenvalue weighted by atomic mass is 10.0. The van der Waals surface area contributed by atoms with Gasteiger partial charge in [-0.15, -0.1) is 0 Å². The van der Waals surface area contributed by atoms with E-state index in [4.69, 9.17) is 9.47 Å². The van der Waals surface area contributed by atoms with E-state index in [-0.39, 0.29) is 5.75 Å². The zero-order valence-electron chi connectivity index (χ0n) is 9.10. The molecule has 1 aliphatic carbocycles. The largest absolute Gasteiger partial charge is 0.507 e. The number of phenolic OH excluding ortho intramolecular Hbond substituents is 1. The molecule has 1 aliphatic heterocycles. The second kappa shape index (κ2) is 3.50. The van der Waals surface area contributed by atoms with Crippen LogP contribution in [0.15, 0.2) is 17.1 Å². The standard InChI is InChI=1S/C12H11NO4/c14-7-13-12(3-4-12)10-8(15)1-2-9-11(10)17-6-5-16-9/h1-2,15H,3-6H2. The van der Waals surface area contributed by atoms with Gasteiger partial charge in [-0.05, 0) is 25.0 Å². The normalized spacial score (nSPS) is 19.3. The van der Waals surface area contributed by atoms with Crippen LogP contribution in [0.4, 0.5) is 0 Å². The highest BCUT2D eigenvalue weighted by Crippen LogP contribution is 2.57. The molecule has 0 amide bonds. The van der Waals surface area contributed by atoms with Gasteiger partial charge >= 0.3 is 0 Å². The second-order valence-corrected chi connectivity index (χ2v) is 4.22. The molecule has 1 aromatic rings. The van der Waals surface area contributed by atoms with Crippen LogP contribution < -0.4 is 9.47 Å². The average Bonchev–Trinajstić information content (AvgIpc) is 3.10. The number of phenols is 1. The van der Waals surface area contributed by atoms with Crippen molar-refractivity contribution in [1.29, 1.82) is 0 Å². The Morgan fingerprint density at radius 3 is 2.76 bits per heavy atom. The number of benzene rings is 1. The van der Waals surface area contributed by atoms with Crippen molar-refractivity contribution < 1.29 is 19.4 Å². The number of carbonyl (C=O) groups excluding carboxylic acids is 1. The van der Waals surface area contributed by atoms with Crippen LogP contribution in [0.1, 0.15) is 18.4 Å². The lowest BCUT2D eigenvalue weighted by molar-refractivity contribution is 0.168. The molecule has 5 heteroatoms.